The molecule has 143 valence electrons. The summed E-state index contributed by atoms with van der Waals surface area (Å²) in [6.45, 7) is 17.1. The highest BCUT2D eigenvalue weighted by molar-refractivity contribution is 6.74. The minimum Gasteiger partial charge on any atom is -0.560 e. The van der Waals surface area contributed by atoms with Crippen LogP contribution in [0.3, 0.4) is 0 Å². The monoisotopic (exact) mass is 365 g/mol. The van der Waals surface area contributed by atoms with Crippen molar-refractivity contribution in [3.8, 4) is 0 Å². The number of rotatable bonds is 3. The fraction of sp³-hybridized carbons (Fsp3) is 0.941. The summed E-state index contributed by atoms with van der Waals surface area (Å²) in [5, 5.41) is -0.0879. The van der Waals surface area contributed by atoms with Crippen LogP contribution in [0.4, 0.5) is 13.6 Å². The van der Waals surface area contributed by atoms with E-state index < -0.39 is 38.0 Å². The predicted molar refractivity (Wildman–Crippen MR) is 94.0 cm³/mol. The number of halogens is 2. The molecule has 0 aromatic rings. The minimum atomic E-state index is -2.57. The molecule has 0 spiro atoms. The molecule has 0 aliphatic carbocycles. The predicted octanol–water partition coefficient (Wildman–Crippen LogP) is 4.90. The Hall–Kier alpha value is -0.693. The number of hydrogen-bond donors (Lipinski definition) is 0. The number of alkyl halides is 2. The Morgan fingerprint density at radius 1 is 1.21 bits per heavy atom. The zero-order chi connectivity index (χ0) is 19.1. The fourth-order valence-corrected chi connectivity index (χ4v) is 3.77. The van der Waals surface area contributed by atoms with Crippen molar-refractivity contribution in [2.24, 2.45) is 5.41 Å². The van der Waals surface area contributed by atoms with E-state index in [2.05, 4.69) is 20.8 Å². The summed E-state index contributed by atoms with van der Waals surface area (Å²) < 4.78 is 39.2. The van der Waals surface area contributed by atoms with E-state index in [1.54, 1.807) is 20.8 Å². The van der Waals surface area contributed by atoms with Gasteiger partial charge in [-0.2, -0.15) is 0 Å². The van der Waals surface area contributed by atoms with Crippen LogP contribution in [0, 0.1) is 5.41 Å². The largest absolute Gasteiger partial charge is 0.560 e. The number of carbonyl (C=O) groups is 1. The molecule has 0 radical (unpaired) electrons. The summed E-state index contributed by atoms with van der Waals surface area (Å²) in [5.41, 5.74) is -2.04. The second-order valence-electron chi connectivity index (χ2n) is 9.53. The molecule has 0 saturated carbocycles. The lowest BCUT2D eigenvalue weighted by Gasteiger charge is -2.52. The highest BCUT2D eigenvalue weighted by Gasteiger charge is 2.52. The van der Waals surface area contributed by atoms with Crippen LogP contribution in [-0.4, -0.2) is 50.5 Å². The van der Waals surface area contributed by atoms with Crippen LogP contribution in [0.1, 0.15) is 48.5 Å². The Kier molecular flexibility index (Phi) is 5.83. The van der Waals surface area contributed by atoms with Crippen molar-refractivity contribution in [3.05, 3.63) is 0 Å². The Morgan fingerprint density at radius 3 is 2.08 bits per heavy atom. The topological polar surface area (TPSA) is 38.8 Å². The lowest BCUT2D eigenvalue weighted by molar-refractivity contribution is -0.0449. The molecule has 24 heavy (non-hydrogen) atoms. The van der Waals surface area contributed by atoms with Crippen molar-refractivity contribution in [1.82, 2.24) is 4.90 Å². The van der Waals surface area contributed by atoms with Gasteiger partial charge in [0.25, 0.3) is 0 Å². The summed E-state index contributed by atoms with van der Waals surface area (Å²) in [6.07, 6.45) is -3.82. The molecule has 2 unspecified atom stereocenters. The summed E-state index contributed by atoms with van der Waals surface area (Å²) in [5.74, 6) is 0. The number of carbonyl (C=O) groups excluding carboxylic acids is 1. The highest BCUT2D eigenvalue weighted by atomic mass is 28.4. The Balaban J connectivity index is 3.00. The van der Waals surface area contributed by atoms with Gasteiger partial charge < -0.3 is 14.1 Å². The molecule has 4 nitrogen and oxygen atoms in total. The first-order valence-electron chi connectivity index (χ1n) is 8.43. The van der Waals surface area contributed by atoms with Crippen LogP contribution in [0.2, 0.25) is 18.1 Å². The number of hydrogen-bond acceptors (Lipinski definition) is 3. The van der Waals surface area contributed by atoms with E-state index in [0.29, 0.717) is 0 Å². The third-order valence-corrected chi connectivity index (χ3v) is 9.53. The molecule has 1 heterocycles. The van der Waals surface area contributed by atoms with Crippen molar-refractivity contribution >= 4 is 14.4 Å². The van der Waals surface area contributed by atoms with Crippen LogP contribution in [0.15, 0.2) is 0 Å². The molecule has 1 amide bonds. The number of amides is 1. The van der Waals surface area contributed by atoms with Crippen molar-refractivity contribution in [3.63, 3.8) is 0 Å². The average Bonchev–Trinajstić information content (AvgIpc) is 2.64. The zero-order valence-corrected chi connectivity index (χ0v) is 17.5. The maximum atomic E-state index is 13.8. The smallest absolute Gasteiger partial charge is 0.410 e. The third-order valence-electron chi connectivity index (χ3n) is 5.05. The van der Waals surface area contributed by atoms with E-state index in [1.165, 1.54) is 11.8 Å². The molecule has 1 saturated heterocycles. The maximum absolute atomic E-state index is 13.8. The molecule has 0 aromatic carbocycles. The lowest BCUT2D eigenvalue weighted by Crippen LogP contribution is -2.50. The molecule has 0 aromatic heterocycles. The van der Waals surface area contributed by atoms with E-state index in [1.807, 2.05) is 13.1 Å². The van der Waals surface area contributed by atoms with Crippen molar-refractivity contribution in [1.29, 1.82) is 0 Å². The minimum absolute atomic E-state index is 0.0567. The van der Waals surface area contributed by atoms with E-state index in [-0.39, 0.29) is 18.1 Å². The Bertz CT molecular complexity index is 471. The molecule has 2 atom stereocenters. The molecule has 7 heteroatoms. The van der Waals surface area contributed by atoms with Gasteiger partial charge in [0.05, 0.1) is 5.41 Å². The standard InChI is InChI=1S/C17H33F2NO3Si/c1-15(2,3)22-14(21)20-10-12(17(7,11-20)13(18)19)23-24(8,9)16(4,5)6/h12-13H,10-11H2,1-9H3/q-1. The van der Waals surface area contributed by atoms with Crippen LogP contribution >= 0.6 is 0 Å². The van der Waals surface area contributed by atoms with Crippen molar-refractivity contribution < 1.29 is 22.7 Å². The molecule has 1 rings (SSSR count). The van der Waals surface area contributed by atoms with Gasteiger partial charge >= 0.3 is 6.09 Å². The van der Waals surface area contributed by atoms with Crippen LogP contribution < -0.4 is 0 Å². The SMILES string of the molecule is CC(C)(C)OC(=O)N1CC(O[Si-](C)(C)C(C)(C)C)C(C)(C(F)F)C1. The van der Waals surface area contributed by atoms with E-state index in [9.17, 15) is 13.6 Å². The molecular weight excluding hydrogens is 332 g/mol. The molecule has 0 N–H and O–H groups in total. The van der Waals surface area contributed by atoms with Crippen LogP contribution in [-0.2, 0) is 9.16 Å². The summed E-state index contributed by atoms with van der Waals surface area (Å²) in [7, 11) is -2.23. The Labute approximate surface area is 146 Å². The van der Waals surface area contributed by atoms with Gasteiger partial charge in [0, 0.05) is 19.2 Å². The second kappa shape index (κ2) is 6.55. The van der Waals surface area contributed by atoms with E-state index in [0.717, 1.165) is 0 Å². The Morgan fingerprint density at radius 2 is 1.71 bits per heavy atom. The lowest BCUT2D eigenvalue weighted by atomic mass is 9.88. The summed E-state index contributed by atoms with van der Waals surface area (Å²) in [4.78, 5) is 13.7. The van der Waals surface area contributed by atoms with Gasteiger partial charge in [-0.15, -0.1) is 18.1 Å². The van der Waals surface area contributed by atoms with E-state index >= 15 is 0 Å². The fourth-order valence-electron chi connectivity index (χ4n) is 2.37. The number of likely N-dealkylation sites (tertiary alicyclic amines) is 1. The molecular formula is C17H33F2NO3Si-. The molecule has 1 aliphatic rings. The van der Waals surface area contributed by atoms with E-state index in [4.69, 9.17) is 9.16 Å². The first-order chi connectivity index (χ1) is 10.5. The van der Waals surface area contributed by atoms with Crippen molar-refractivity contribution in [2.45, 2.75) is 84.7 Å². The van der Waals surface area contributed by atoms with Gasteiger partial charge in [-0.05, 0) is 36.0 Å². The van der Waals surface area contributed by atoms with Crippen molar-refractivity contribution in [2.75, 3.05) is 13.1 Å². The van der Waals surface area contributed by atoms with Gasteiger partial charge in [-0.3, -0.25) is 0 Å². The number of ether oxygens (including phenoxy) is 1. The zero-order valence-electron chi connectivity index (χ0n) is 16.5. The average molecular weight is 366 g/mol. The number of nitrogens with zero attached hydrogens (tertiary/aromatic N) is 1. The van der Waals surface area contributed by atoms with Gasteiger partial charge in [-0.1, -0.05) is 20.8 Å². The first kappa shape index (κ1) is 21.3. The third kappa shape index (κ3) is 4.68. The quantitative estimate of drug-likeness (QED) is 0.668. The second-order valence-corrected chi connectivity index (χ2v) is 14.3. The molecule has 1 aliphatic heterocycles. The normalized spacial score (nSPS) is 26.2. The first-order valence-corrected chi connectivity index (χ1v) is 11.3. The van der Waals surface area contributed by atoms with Gasteiger partial charge in [0.15, 0.2) is 0 Å². The van der Waals surface area contributed by atoms with Crippen LogP contribution in [0.5, 0.6) is 0 Å². The van der Waals surface area contributed by atoms with Crippen LogP contribution in [0.25, 0.3) is 0 Å². The highest BCUT2D eigenvalue weighted by Crippen LogP contribution is 2.44. The molecule has 0 bridgehead atoms. The summed E-state index contributed by atoms with van der Waals surface area (Å²) in [6, 6.07) is 0. The van der Waals surface area contributed by atoms with Gasteiger partial charge in [0.1, 0.15) is 5.60 Å². The molecule has 1 fully saturated rings. The van der Waals surface area contributed by atoms with Gasteiger partial charge in [0.2, 0.25) is 6.43 Å². The van der Waals surface area contributed by atoms with Gasteiger partial charge in [-0.25, -0.2) is 13.6 Å². The maximum Gasteiger partial charge on any atom is 0.410 e. The summed E-state index contributed by atoms with van der Waals surface area (Å²) >= 11 is 0.